The molecule has 17 heavy (non-hydrogen) atoms. The predicted molar refractivity (Wildman–Crippen MR) is 80.5 cm³/mol. The highest BCUT2D eigenvalue weighted by Crippen LogP contribution is 2.05. The summed E-state index contributed by atoms with van der Waals surface area (Å²) in [6.45, 7) is 13.5. The SMILES string of the molecule is CC(C)N(CCN(CCO)CCOI)C(C)C. The zero-order chi connectivity index (χ0) is 13.3. The lowest BCUT2D eigenvalue weighted by Crippen LogP contribution is -2.43. The molecule has 0 amide bonds. The van der Waals surface area contributed by atoms with Gasteiger partial charge in [-0.1, -0.05) is 0 Å². The van der Waals surface area contributed by atoms with E-state index in [1.165, 1.54) is 0 Å². The first-order chi connectivity index (χ1) is 8.02. The summed E-state index contributed by atoms with van der Waals surface area (Å²) in [5.41, 5.74) is 0. The van der Waals surface area contributed by atoms with Crippen LogP contribution in [0.1, 0.15) is 27.7 Å². The van der Waals surface area contributed by atoms with Crippen molar-refractivity contribution < 1.29 is 8.17 Å². The maximum absolute atomic E-state index is 9.02. The van der Waals surface area contributed by atoms with Crippen molar-refractivity contribution in [3.8, 4) is 0 Å². The lowest BCUT2D eigenvalue weighted by Gasteiger charge is -2.32. The molecule has 0 spiro atoms. The summed E-state index contributed by atoms with van der Waals surface area (Å²) in [4.78, 5) is 4.71. The van der Waals surface area contributed by atoms with Crippen LogP contribution < -0.4 is 0 Å². The highest BCUT2D eigenvalue weighted by atomic mass is 127. The molecule has 0 fully saturated rings. The second kappa shape index (κ2) is 10.5. The third-order valence-corrected chi connectivity index (χ3v) is 3.34. The summed E-state index contributed by atoms with van der Waals surface area (Å²) in [5, 5.41) is 9.02. The fourth-order valence-electron chi connectivity index (χ4n) is 2.01. The smallest absolute Gasteiger partial charge is 0.109 e. The first-order valence-electron chi connectivity index (χ1n) is 6.35. The monoisotopic (exact) mass is 358 g/mol. The molecule has 0 aromatic heterocycles. The van der Waals surface area contributed by atoms with Crippen molar-refractivity contribution >= 4 is 23.0 Å². The lowest BCUT2D eigenvalue weighted by molar-refractivity contribution is 0.125. The van der Waals surface area contributed by atoms with Crippen LogP contribution in [0.2, 0.25) is 0 Å². The third kappa shape index (κ3) is 8.31. The zero-order valence-electron chi connectivity index (χ0n) is 11.5. The molecule has 0 aromatic rings. The Hall–Kier alpha value is 0.570. The first-order valence-corrected chi connectivity index (χ1v) is 7.23. The number of aliphatic hydroxyl groups excluding tert-OH is 1. The normalized spacial score (nSPS) is 12.4. The molecule has 0 radical (unpaired) electrons. The van der Waals surface area contributed by atoms with Crippen LogP contribution in [0.15, 0.2) is 0 Å². The Morgan fingerprint density at radius 2 is 1.59 bits per heavy atom. The van der Waals surface area contributed by atoms with Crippen LogP contribution in [-0.4, -0.2) is 66.4 Å². The highest BCUT2D eigenvalue weighted by molar-refractivity contribution is 14.1. The van der Waals surface area contributed by atoms with Crippen molar-refractivity contribution in [3.63, 3.8) is 0 Å². The largest absolute Gasteiger partial charge is 0.395 e. The molecular formula is C12H27IN2O2. The average molecular weight is 358 g/mol. The van der Waals surface area contributed by atoms with E-state index in [2.05, 4.69) is 37.5 Å². The Morgan fingerprint density at radius 3 is 2.00 bits per heavy atom. The van der Waals surface area contributed by atoms with Gasteiger partial charge in [-0.05, 0) is 27.7 Å². The topological polar surface area (TPSA) is 35.9 Å². The van der Waals surface area contributed by atoms with Gasteiger partial charge in [0.25, 0.3) is 0 Å². The van der Waals surface area contributed by atoms with Gasteiger partial charge in [0, 0.05) is 38.3 Å². The van der Waals surface area contributed by atoms with Crippen LogP contribution in [0, 0.1) is 0 Å². The third-order valence-electron chi connectivity index (χ3n) is 2.90. The van der Waals surface area contributed by atoms with Crippen molar-refractivity contribution in [1.82, 2.24) is 9.80 Å². The molecule has 0 aliphatic carbocycles. The Bertz CT molecular complexity index is 172. The van der Waals surface area contributed by atoms with Gasteiger partial charge < -0.3 is 8.17 Å². The Balaban J connectivity index is 4.06. The summed E-state index contributed by atoms with van der Waals surface area (Å²) >= 11 is 1.91. The molecule has 0 bridgehead atoms. The van der Waals surface area contributed by atoms with Crippen LogP contribution in [-0.2, 0) is 3.07 Å². The van der Waals surface area contributed by atoms with E-state index in [4.69, 9.17) is 8.17 Å². The van der Waals surface area contributed by atoms with Gasteiger partial charge in [0.1, 0.15) is 23.0 Å². The Kier molecular flexibility index (Phi) is 10.8. The van der Waals surface area contributed by atoms with Gasteiger partial charge in [-0.25, -0.2) is 0 Å². The van der Waals surface area contributed by atoms with E-state index >= 15 is 0 Å². The van der Waals surface area contributed by atoms with E-state index in [1.54, 1.807) is 0 Å². The van der Waals surface area contributed by atoms with Gasteiger partial charge in [0.05, 0.1) is 13.2 Å². The number of hydrogen-bond donors (Lipinski definition) is 1. The maximum atomic E-state index is 9.02. The summed E-state index contributed by atoms with van der Waals surface area (Å²) in [7, 11) is 0. The van der Waals surface area contributed by atoms with E-state index < -0.39 is 0 Å². The summed E-state index contributed by atoms with van der Waals surface area (Å²) < 4.78 is 5.05. The minimum atomic E-state index is 0.213. The minimum Gasteiger partial charge on any atom is -0.395 e. The highest BCUT2D eigenvalue weighted by Gasteiger charge is 2.14. The van der Waals surface area contributed by atoms with Gasteiger partial charge in [0.15, 0.2) is 0 Å². The molecule has 1 N–H and O–H groups in total. The van der Waals surface area contributed by atoms with Crippen LogP contribution >= 0.6 is 23.0 Å². The van der Waals surface area contributed by atoms with Crippen LogP contribution in [0.25, 0.3) is 0 Å². The lowest BCUT2D eigenvalue weighted by atomic mass is 10.2. The molecule has 0 saturated heterocycles. The van der Waals surface area contributed by atoms with Gasteiger partial charge in [-0.2, -0.15) is 0 Å². The fraction of sp³-hybridized carbons (Fsp3) is 1.00. The molecule has 0 atom stereocenters. The minimum absolute atomic E-state index is 0.213. The molecule has 104 valence electrons. The molecular weight excluding hydrogens is 331 g/mol. The molecule has 5 heteroatoms. The maximum Gasteiger partial charge on any atom is 0.109 e. The van der Waals surface area contributed by atoms with E-state index in [9.17, 15) is 0 Å². The van der Waals surface area contributed by atoms with E-state index in [1.807, 2.05) is 23.0 Å². The van der Waals surface area contributed by atoms with Crippen molar-refractivity contribution in [3.05, 3.63) is 0 Å². The van der Waals surface area contributed by atoms with Crippen molar-refractivity contribution in [2.45, 2.75) is 39.8 Å². The van der Waals surface area contributed by atoms with Crippen LogP contribution in [0.4, 0.5) is 0 Å². The number of aliphatic hydroxyl groups is 1. The Morgan fingerprint density at radius 1 is 1.00 bits per heavy atom. The number of hydrogen-bond acceptors (Lipinski definition) is 4. The second-order valence-corrected chi connectivity index (χ2v) is 5.43. The fourth-order valence-corrected chi connectivity index (χ4v) is 2.21. The van der Waals surface area contributed by atoms with Crippen molar-refractivity contribution in [2.24, 2.45) is 0 Å². The van der Waals surface area contributed by atoms with Gasteiger partial charge in [-0.3, -0.25) is 9.80 Å². The quantitative estimate of drug-likeness (QED) is 0.604. The van der Waals surface area contributed by atoms with Gasteiger partial charge in [0.2, 0.25) is 0 Å². The molecule has 0 aromatic carbocycles. The average Bonchev–Trinajstić information content (AvgIpc) is 2.24. The predicted octanol–water partition coefficient (Wildman–Crippen LogP) is 1.77. The van der Waals surface area contributed by atoms with Gasteiger partial charge >= 0.3 is 0 Å². The van der Waals surface area contributed by atoms with Gasteiger partial charge in [-0.15, -0.1) is 0 Å². The number of rotatable bonds is 10. The van der Waals surface area contributed by atoms with E-state index in [0.717, 1.165) is 26.2 Å². The molecule has 4 nitrogen and oxygen atoms in total. The summed E-state index contributed by atoms with van der Waals surface area (Å²) in [6, 6.07) is 1.12. The van der Waals surface area contributed by atoms with E-state index in [0.29, 0.717) is 18.7 Å². The molecule has 0 aliphatic heterocycles. The molecule has 0 aliphatic rings. The standard InChI is InChI=1S/C12H27IN2O2/c1-11(2)15(12(3)4)6-5-14(7-9-16)8-10-17-13/h11-12,16H,5-10H2,1-4H3. The summed E-state index contributed by atoms with van der Waals surface area (Å²) in [5.74, 6) is 0. The molecule has 0 rings (SSSR count). The Labute approximate surface area is 120 Å². The second-order valence-electron chi connectivity index (χ2n) is 4.80. The molecule has 0 heterocycles. The summed E-state index contributed by atoms with van der Waals surface area (Å²) in [6.07, 6.45) is 0. The van der Waals surface area contributed by atoms with Crippen LogP contribution in [0.5, 0.6) is 0 Å². The molecule has 0 unspecified atom stereocenters. The van der Waals surface area contributed by atoms with E-state index in [-0.39, 0.29) is 6.61 Å². The van der Waals surface area contributed by atoms with Crippen LogP contribution in [0.3, 0.4) is 0 Å². The number of halogens is 1. The first kappa shape index (κ1) is 17.6. The van der Waals surface area contributed by atoms with Crippen molar-refractivity contribution in [1.29, 1.82) is 0 Å². The van der Waals surface area contributed by atoms with Crippen molar-refractivity contribution in [2.75, 3.05) is 39.4 Å². The molecule has 0 saturated carbocycles. The zero-order valence-corrected chi connectivity index (χ0v) is 13.7. The number of nitrogens with zero attached hydrogens (tertiary/aromatic N) is 2.